The Morgan fingerprint density at radius 2 is 1.46 bits per heavy atom. The molecule has 4 rings (SSSR count). The van der Waals surface area contributed by atoms with Crippen LogP contribution >= 0.6 is 0 Å². The van der Waals surface area contributed by atoms with E-state index in [9.17, 15) is 4.79 Å². The number of ether oxygens (including phenoxy) is 2. The van der Waals surface area contributed by atoms with E-state index in [1.54, 1.807) is 4.90 Å². The van der Waals surface area contributed by atoms with Gasteiger partial charge in [0.05, 0.1) is 0 Å². The summed E-state index contributed by atoms with van der Waals surface area (Å²) in [7, 11) is 0. The summed E-state index contributed by atoms with van der Waals surface area (Å²) in [6, 6.07) is 16.7. The lowest BCUT2D eigenvalue weighted by Gasteiger charge is -2.43. The Balaban J connectivity index is 0.00000166. The zero-order valence-electron chi connectivity index (χ0n) is 26.9. The first-order valence-corrected chi connectivity index (χ1v) is 14.9. The van der Waals surface area contributed by atoms with Crippen molar-refractivity contribution in [2.24, 2.45) is 0 Å². The van der Waals surface area contributed by atoms with Crippen molar-refractivity contribution < 1.29 is 14.3 Å². The van der Waals surface area contributed by atoms with Crippen molar-refractivity contribution in [1.82, 2.24) is 4.90 Å². The first kappa shape index (κ1) is 36.0. The maximum atomic E-state index is 12.5. The highest BCUT2D eigenvalue weighted by molar-refractivity contribution is 5.86. The van der Waals surface area contributed by atoms with E-state index in [0.717, 1.165) is 40.9 Å². The summed E-state index contributed by atoms with van der Waals surface area (Å²) in [4.78, 5) is 14.3. The van der Waals surface area contributed by atoms with Crippen molar-refractivity contribution in [1.29, 1.82) is 0 Å². The molecule has 0 N–H and O–H groups in total. The molecule has 2 aromatic rings. The Morgan fingerprint density at radius 1 is 0.897 bits per heavy atom. The standard InChI is InChI=1S/C27H31NO3.4C2H6/c1-19(2)20-9-8-10-21(17-20)23-18-27(30-24-12-7-6-11-22(23)24)13-15-28(16-14-27)25(29)31-26(3,4)5;4*1-2/h6-12,17-18H,1,13-16H2,2-5H3;4*1-2H3. The molecule has 1 amide bonds. The highest BCUT2D eigenvalue weighted by Crippen LogP contribution is 2.43. The van der Waals surface area contributed by atoms with Crippen LogP contribution in [-0.2, 0) is 4.74 Å². The number of para-hydroxylation sites is 1. The van der Waals surface area contributed by atoms with E-state index >= 15 is 0 Å². The molecule has 4 heteroatoms. The monoisotopic (exact) mass is 537 g/mol. The summed E-state index contributed by atoms with van der Waals surface area (Å²) in [5, 5.41) is 0. The highest BCUT2D eigenvalue weighted by atomic mass is 16.6. The average molecular weight is 538 g/mol. The van der Waals surface area contributed by atoms with Crippen LogP contribution in [0, 0.1) is 0 Å². The largest absolute Gasteiger partial charge is 0.482 e. The van der Waals surface area contributed by atoms with E-state index in [0.29, 0.717) is 13.1 Å². The van der Waals surface area contributed by atoms with Gasteiger partial charge in [0.2, 0.25) is 0 Å². The lowest BCUT2D eigenvalue weighted by Crippen LogP contribution is -2.50. The Labute approximate surface area is 240 Å². The van der Waals surface area contributed by atoms with Crippen molar-refractivity contribution >= 4 is 17.2 Å². The van der Waals surface area contributed by atoms with E-state index in [1.165, 1.54) is 5.57 Å². The number of piperidine rings is 1. The van der Waals surface area contributed by atoms with E-state index in [1.807, 2.05) is 101 Å². The van der Waals surface area contributed by atoms with E-state index < -0.39 is 11.2 Å². The fraction of sp³-hybridized carbons (Fsp3) is 0.514. The molecule has 2 heterocycles. The van der Waals surface area contributed by atoms with Gasteiger partial charge in [-0.3, -0.25) is 0 Å². The lowest BCUT2D eigenvalue weighted by atomic mass is 9.82. The van der Waals surface area contributed by atoms with Gasteiger partial charge < -0.3 is 14.4 Å². The number of nitrogens with zero attached hydrogens (tertiary/aromatic N) is 1. The van der Waals surface area contributed by atoms with Crippen molar-refractivity contribution in [2.75, 3.05) is 13.1 Å². The number of fused-ring (bicyclic) bond motifs is 1. The average Bonchev–Trinajstić information content (AvgIpc) is 2.96. The smallest absolute Gasteiger partial charge is 0.410 e. The number of amides is 1. The van der Waals surface area contributed by atoms with Gasteiger partial charge in [-0.25, -0.2) is 4.79 Å². The first-order valence-electron chi connectivity index (χ1n) is 14.9. The van der Waals surface area contributed by atoms with Gasteiger partial charge in [-0.15, -0.1) is 0 Å². The summed E-state index contributed by atoms with van der Waals surface area (Å²) in [5.74, 6) is 0.895. The van der Waals surface area contributed by atoms with Gasteiger partial charge >= 0.3 is 6.09 Å². The first-order chi connectivity index (χ1) is 18.7. The number of carbonyl (C=O) groups is 1. The third kappa shape index (κ3) is 10.2. The second-order valence-corrected chi connectivity index (χ2v) is 9.55. The maximum absolute atomic E-state index is 12.5. The van der Waals surface area contributed by atoms with E-state index in [4.69, 9.17) is 9.47 Å². The van der Waals surface area contributed by atoms with Crippen LogP contribution in [0.3, 0.4) is 0 Å². The van der Waals surface area contributed by atoms with Gasteiger partial charge in [0.25, 0.3) is 0 Å². The summed E-state index contributed by atoms with van der Waals surface area (Å²) in [6.07, 6.45) is 3.46. The molecule has 0 radical (unpaired) electrons. The number of rotatable bonds is 2. The van der Waals surface area contributed by atoms with Crippen LogP contribution in [0.5, 0.6) is 5.75 Å². The third-order valence-electron chi connectivity index (χ3n) is 5.83. The topological polar surface area (TPSA) is 38.8 Å². The molecular formula is C35H55NO3. The number of allylic oxidation sites excluding steroid dienone is 1. The molecule has 218 valence electrons. The molecule has 0 saturated carbocycles. The summed E-state index contributed by atoms with van der Waals surface area (Å²) in [6.45, 7) is 29.0. The SMILES string of the molecule is C=C(C)c1cccc(C2=CC3(CCN(C(=O)OC(C)(C)C)CC3)Oc3ccccc32)c1.CC.CC.CC.CC. The Kier molecular flexibility index (Phi) is 16.2. The molecule has 2 aromatic carbocycles. The van der Waals surface area contributed by atoms with Gasteiger partial charge in [0.15, 0.2) is 0 Å². The zero-order valence-corrected chi connectivity index (χ0v) is 26.9. The molecule has 4 nitrogen and oxygen atoms in total. The van der Waals surface area contributed by atoms with E-state index in [2.05, 4.69) is 43.0 Å². The molecule has 2 aliphatic heterocycles. The van der Waals surface area contributed by atoms with Gasteiger partial charge in [-0.1, -0.05) is 104 Å². The second-order valence-electron chi connectivity index (χ2n) is 9.55. The molecule has 0 aliphatic carbocycles. The minimum Gasteiger partial charge on any atom is -0.482 e. The minimum atomic E-state index is -0.492. The number of hydrogen-bond acceptors (Lipinski definition) is 3. The van der Waals surface area contributed by atoms with Crippen LogP contribution in [0.15, 0.2) is 61.2 Å². The number of likely N-dealkylation sites (tertiary alicyclic amines) is 1. The Hall–Kier alpha value is -3.01. The summed E-state index contributed by atoms with van der Waals surface area (Å²) >= 11 is 0. The number of hydrogen-bond donors (Lipinski definition) is 0. The molecule has 0 atom stereocenters. The molecule has 2 aliphatic rings. The summed E-state index contributed by atoms with van der Waals surface area (Å²) < 4.78 is 12.1. The van der Waals surface area contributed by atoms with Crippen LogP contribution in [0.2, 0.25) is 0 Å². The Morgan fingerprint density at radius 3 is 2.00 bits per heavy atom. The molecular weight excluding hydrogens is 482 g/mol. The quantitative estimate of drug-likeness (QED) is 0.382. The Bertz CT molecular complexity index is 1040. The zero-order chi connectivity index (χ0) is 30.2. The molecule has 39 heavy (non-hydrogen) atoms. The molecule has 1 saturated heterocycles. The molecule has 1 fully saturated rings. The van der Waals surface area contributed by atoms with Crippen molar-refractivity contribution in [3.8, 4) is 5.75 Å². The molecule has 1 spiro atoms. The molecule has 0 unspecified atom stereocenters. The van der Waals surface area contributed by atoms with Gasteiger partial charge in [0, 0.05) is 31.5 Å². The van der Waals surface area contributed by atoms with Crippen molar-refractivity contribution in [2.45, 2.75) is 107 Å². The number of benzene rings is 2. The minimum absolute atomic E-state index is 0.253. The fourth-order valence-electron chi connectivity index (χ4n) is 4.20. The highest BCUT2D eigenvalue weighted by Gasteiger charge is 2.40. The van der Waals surface area contributed by atoms with Crippen molar-refractivity contribution in [3.63, 3.8) is 0 Å². The van der Waals surface area contributed by atoms with Crippen LogP contribution in [0.25, 0.3) is 11.1 Å². The van der Waals surface area contributed by atoms with E-state index in [-0.39, 0.29) is 6.09 Å². The predicted octanol–water partition coefficient (Wildman–Crippen LogP) is 10.4. The fourth-order valence-corrected chi connectivity index (χ4v) is 4.20. The van der Waals surface area contributed by atoms with Crippen LogP contribution in [-0.4, -0.2) is 35.3 Å². The normalized spacial score (nSPS) is 14.5. The maximum Gasteiger partial charge on any atom is 0.410 e. The van der Waals surface area contributed by atoms with Gasteiger partial charge in [-0.2, -0.15) is 0 Å². The van der Waals surface area contributed by atoms with Gasteiger partial charge in [0.1, 0.15) is 17.0 Å². The van der Waals surface area contributed by atoms with Crippen LogP contribution in [0.1, 0.15) is 113 Å². The second kappa shape index (κ2) is 17.6. The molecule has 0 aromatic heterocycles. The number of carbonyl (C=O) groups excluding carboxylic acids is 1. The summed E-state index contributed by atoms with van der Waals surface area (Å²) in [5.41, 5.74) is 4.69. The van der Waals surface area contributed by atoms with Crippen LogP contribution in [0.4, 0.5) is 4.79 Å². The molecule has 0 bridgehead atoms. The lowest BCUT2D eigenvalue weighted by molar-refractivity contribution is -0.00116. The van der Waals surface area contributed by atoms with Crippen LogP contribution < -0.4 is 4.74 Å². The van der Waals surface area contributed by atoms with Crippen molar-refractivity contribution in [3.05, 3.63) is 77.9 Å². The predicted molar refractivity (Wildman–Crippen MR) is 170 cm³/mol. The van der Waals surface area contributed by atoms with Gasteiger partial charge in [-0.05, 0) is 62.6 Å². The third-order valence-corrected chi connectivity index (χ3v) is 5.83.